The lowest BCUT2D eigenvalue weighted by atomic mass is 10.0. The van der Waals surface area contributed by atoms with Gasteiger partial charge in [0, 0.05) is 25.5 Å². The number of carbonyl (C=O) groups is 3. The molecular formula is C22H22F3N3O4. The standard InChI is InChI=1S/C22H22F3N3O4/c1-13(29)26-18-7-5-15(22(23,24)25)12-19(18)28-20(30)3-2-10-32-16-6-8-17-14(11-16)4-9-21(31)27-17/h5-8,11-12H,2-4,9-10H2,1H3,(H,26,29)(H,27,31)(H,28,30). The van der Waals surface area contributed by atoms with Crippen LogP contribution in [0.5, 0.6) is 5.75 Å². The Labute approximate surface area is 182 Å². The van der Waals surface area contributed by atoms with Gasteiger partial charge in [-0.2, -0.15) is 13.2 Å². The number of fused-ring (bicyclic) bond motifs is 1. The molecule has 2 aromatic rings. The van der Waals surface area contributed by atoms with Crippen molar-refractivity contribution in [1.29, 1.82) is 0 Å². The number of halogens is 3. The molecule has 0 unspecified atom stereocenters. The molecule has 1 aliphatic heterocycles. The molecule has 0 atom stereocenters. The maximum absolute atomic E-state index is 13.0. The summed E-state index contributed by atoms with van der Waals surface area (Å²) in [6.45, 7) is 1.44. The second-order valence-electron chi connectivity index (χ2n) is 7.31. The predicted molar refractivity (Wildman–Crippen MR) is 112 cm³/mol. The number of alkyl halides is 3. The van der Waals surface area contributed by atoms with Gasteiger partial charge in [0.1, 0.15) is 5.75 Å². The van der Waals surface area contributed by atoms with E-state index in [1.807, 2.05) is 6.07 Å². The van der Waals surface area contributed by atoms with Crippen molar-refractivity contribution in [1.82, 2.24) is 0 Å². The van der Waals surface area contributed by atoms with Gasteiger partial charge in [0.2, 0.25) is 17.7 Å². The highest BCUT2D eigenvalue weighted by molar-refractivity contribution is 5.99. The SMILES string of the molecule is CC(=O)Nc1ccc(C(F)(F)F)cc1NC(=O)CCCOc1ccc2c(c1)CCC(=O)N2. The third-order valence-corrected chi connectivity index (χ3v) is 4.72. The van der Waals surface area contributed by atoms with Gasteiger partial charge in [-0.05, 0) is 54.8 Å². The van der Waals surface area contributed by atoms with Crippen LogP contribution in [0.3, 0.4) is 0 Å². The normalized spacial score (nSPS) is 13.1. The molecule has 0 bridgehead atoms. The number of anilines is 3. The molecule has 32 heavy (non-hydrogen) atoms. The van der Waals surface area contributed by atoms with E-state index in [0.29, 0.717) is 25.0 Å². The van der Waals surface area contributed by atoms with E-state index < -0.39 is 23.6 Å². The molecule has 0 saturated heterocycles. The molecule has 0 spiro atoms. The van der Waals surface area contributed by atoms with Crippen LogP contribution in [0.15, 0.2) is 36.4 Å². The van der Waals surface area contributed by atoms with Gasteiger partial charge in [-0.1, -0.05) is 0 Å². The van der Waals surface area contributed by atoms with Crippen LogP contribution in [0.1, 0.15) is 37.3 Å². The molecule has 0 aliphatic carbocycles. The molecule has 7 nitrogen and oxygen atoms in total. The first kappa shape index (κ1) is 23.1. The molecule has 3 N–H and O–H groups in total. The summed E-state index contributed by atoms with van der Waals surface area (Å²) in [6.07, 6.45) is -3.22. The van der Waals surface area contributed by atoms with E-state index in [0.717, 1.165) is 29.4 Å². The number of amides is 3. The van der Waals surface area contributed by atoms with Crippen molar-refractivity contribution >= 4 is 34.8 Å². The highest BCUT2D eigenvalue weighted by Gasteiger charge is 2.31. The molecule has 1 aliphatic rings. The zero-order valence-corrected chi connectivity index (χ0v) is 17.3. The fraction of sp³-hybridized carbons (Fsp3) is 0.318. The van der Waals surface area contributed by atoms with Crippen molar-refractivity contribution in [3.8, 4) is 5.75 Å². The zero-order valence-electron chi connectivity index (χ0n) is 17.3. The smallest absolute Gasteiger partial charge is 0.416 e. The van der Waals surface area contributed by atoms with Gasteiger partial charge in [-0.3, -0.25) is 14.4 Å². The van der Waals surface area contributed by atoms with Gasteiger partial charge in [0.25, 0.3) is 0 Å². The third kappa shape index (κ3) is 6.22. The number of carbonyl (C=O) groups excluding carboxylic acids is 3. The molecular weight excluding hydrogens is 427 g/mol. The maximum atomic E-state index is 13.0. The van der Waals surface area contributed by atoms with Crippen LogP contribution in [-0.2, 0) is 27.0 Å². The highest BCUT2D eigenvalue weighted by Crippen LogP contribution is 2.34. The summed E-state index contributed by atoms with van der Waals surface area (Å²) in [5.74, 6) is -0.406. The number of hydrogen-bond acceptors (Lipinski definition) is 4. The lowest BCUT2D eigenvalue weighted by Crippen LogP contribution is -2.19. The topological polar surface area (TPSA) is 96.5 Å². The van der Waals surface area contributed by atoms with Gasteiger partial charge < -0.3 is 20.7 Å². The van der Waals surface area contributed by atoms with Gasteiger partial charge >= 0.3 is 6.18 Å². The molecule has 3 rings (SSSR count). The van der Waals surface area contributed by atoms with Gasteiger partial charge in [0.15, 0.2) is 0 Å². The van der Waals surface area contributed by atoms with E-state index in [-0.39, 0.29) is 30.3 Å². The fourth-order valence-electron chi connectivity index (χ4n) is 3.21. The maximum Gasteiger partial charge on any atom is 0.416 e. The van der Waals surface area contributed by atoms with Crippen molar-refractivity contribution < 1.29 is 32.3 Å². The van der Waals surface area contributed by atoms with Crippen molar-refractivity contribution in [3.05, 3.63) is 47.5 Å². The molecule has 10 heteroatoms. The number of aryl methyl sites for hydroxylation is 1. The van der Waals surface area contributed by atoms with Crippen molar-refractivity contribution in [2.45, 2.75) is 38.8 Å². The van der Waals surface area contributed by atoms with Crippen LogP contribution in [0.4, 0.5) is 30.2 Å². The lowest BCUT2D eigenvalue weighted by Gasteiger charge is -2.17. The summed E-state index contributed by atoms with van der Waals surface area (Å²) in [5.41, 5.74) is 0.738. The molecule has 170 valence electrons. The van der Waals surface area contributed by atoms with Crippen LogP contribution in [-0.4, -0.2) is 24.3 Å². The van der Waals surface area contributed by atoms with Crippen LogP contribution in [0, 0.1) is 0 Å². The minimum absolute atomic E-state index is 0.0107. The average Bonchev–Trinajstić information content (AvgIpc) is 2.71. The van der Waals surface area contributed by atoms with Gasteiger partial charge in [-0.15, -0.1) is 0 Å². The lowest BCUT2D eigenvalue weighted by molar-refractivity contribution is -0.137. The van der Waals surface area contributed by atoms with Crippen LogP contribution in [0.2, 0.25) is 0 Å². The zero-order chi connectivity index (χ0) is 23.3. The summed E-state index contributed by atoms with van der Waals surface area (Å²) in [5, 5.41) is 7.60. The quantitative estimate of drug-likeness (QED) is 0.548. The number of ether oxygens (including phenoxy) is 1. The van der Waals surface area contributed by atoms with Crippen molar-refractivity contribution in [3.63, 3.8) is 0 Å². The Morgan fingerprint density at radius 1 is 1.06 bits per heavy atom. The van der Waals surface area contributed by atoms with E-state index in [1.165, 1.54) is 6.92 Å². The number of hydrogen-bond donors (Lipinski definition) is 3. The largest absolute Gasteiger partial charge is 0.494 e. The summed E-state index contributed by atoms with van der Waals surface area (Å²) >= 11 is 0. The average molecular weight is 449 g/mol. The third-order valence-electron chi connectivity index (χ3n) is 4.72. The summed E-state index contributed by atoms with van der Waals surface area (Å²) in [7, 11) is 0. The van der Waals surface area contributed by atoms with E-state index in [9.17, 15) is 27.6 Å². The van der Waals surface area contributed by atoms with Crippen LogP contribution >= 0.6 is 0 Å². The molecule has 0 aromatic heterocycles. The summed E-state index contributed by atoms with van der Waals surface area (Å²) < 4.78 is 44.6. The Balaban J connectivity index is 1.54. The molecule has 0 radical (unpaired) electrons. The minimum atomic E-state index is -4.58. The van der Waals surface area contributed by atoms with E-state index in [2.05, 4.69) is 16.0 Å². The monoisotopic (exact) mass is 449 g/mol. The van der Waals surface area contributed by atoms with E-state index >= 15 is 0 Å². The molecule has 3 amide bonds. The fourth-order valence-corrected chi connectivity index (χ4v) is 3.21. The van der Waals surface area contributed by atoms with E-state index in [1.54, 1.807) is 12.1 Å². The number of nitrogens with one attached hydrogen (secondary N) is 3. The number of benzene rings is 2. The Morgan fingerprint density at radius 3 is 2.56 bits per heavy atom. The Morgan fingerprint density at radius 2 is 1.84 bits per heavy atom. The molecule has 1 heterocycles. The van der Waals surface area contributed by atoms with Crippen molar-refractivity contribution in [2.24, 2.45) is 0 Å². The Bertz CT molecular complexity index is 1040. The first-order valence-electron chi connectivity index (χ1n) is 9.96. The minimum Gasteiger partial charge on any atom is -0.494 e. The predicted octanol–water partition coefficient (Wildman–Crippen LogP) is 4.35. The van der Waals surface area contributed by atoms with E-state index in [4.69, 9.17) is 4.74 Å². The van der Waals surface area contributed by atoms with Crippen LogP contribution in [0.25, 0.3) is 0 Å². The second kappa shape index (κ2) is 9.71. The second-order valence-corrected chi connectivity index (χ2v) is 7.31. The summed E-state index contributed by atoms with van der Waals surface area (Å²) in [4.78, 5) is 34.9. The number of rotatable bonds is 7. The summed E-state index contributed by atoms with van der Waals surface area (Å²) in [6, 6.07) is 8.02. The van der Waals surface area contributed by atoms with Crippen molar-refractivity contribution in [2.75, 3.05) is 22.6 Å². The highest BCUT2D eigenvalue weighted by atomic mass is 19.4. The molecule has 0 fully saturated rings. The van der Waals surface area contributed by atoms with Gasteiger partial charge in [-0.25, -0.2) is 0 Å². The Hall–Kier alpha value is -3.56. The molecule has 2 aromatic carbocycles. The molecule has 0 saturated carbocycles. The Kier molecular flexibility index (Phi) is 7.01. The van der Waals surface area contributed by atoms with Crippen LogP contribution < -0.4 is 20.7 Å². The van der Waals surface area contributed by atoms with Gasteiger partial charge in [0.05, 0.1) is 23.5 Å². The first-order valence-corrected chi connectivity index (χ1v) is 9.96. The first-order chi connectivity index (χ1) is 15.1.